The second-order valence-corrected chi connectivity index (χ2v) is 5.09. The lowest BCUT2D eigenvalue weighted by Gasteiger charge is -2.04. The molecule has 0 spiro atoms. The third-order valence-corrected chi connectivity index (χ3v) is 3.27. The topological polar surface area (TPSA) is 54.8 Å². The molecule has 0 amide bonds. The van der Waals surface area contributed by atoms with E-state index in [1.807, 2.05) is 30.0 Å². The standard InChI is InChI=1S/C16H25N5/c1-3-12-21-19-15(13-18-11-7-10-17-2)16(20-21)14-8-5-4-6-9-14/h4-6,8-9,17-18H,3,7,10-13H2,1-2H3. The van der Waals surface area contributed by atoms with Gasteiger partial charge in [-0.2, -0.15) is 15.0 Å². The summed E-state index contributed by atoms with van der Waals surface area (Å²) in [4.78, 5) is 1.81. The van der Waals surface area contributed by atoms with Crippen LogP contribution in [0.25, 0.3) is 11.3 Å². The highest BCUT2D eigenvalue weighted by Gasteiger charge is 2.12. The van der Waals surface area contributed by atoms with Gasteiger partial charge in [0, 0.05) is 12.1 Å². The lowest BCUT2D eigenvalue weighted by molar-refractivity contribution is 0.520. The number of hydrogen-bond acceptors (Lipinski definition) is 4. The number of hydrogen-bond donors (Lipinski definition) is 2. The highest BCUT2D eigenvalue weighted by Crippen LogP contribution is 2.19. The first kappa shape index (κ1) is 15.7. The Morgan fingerprint density at radius 2 is 1.90 bits per heavy atom. The zero-order valence-electron chi connectivity index (χ0n) is 13.0. The summed E-state index contributed by atoms with van der Waals surface area (Å²) < 4.78 is 0. The predicted octanol–water partition coefficient (Wildman–Crippen LogP) is 2.05. The fourth-order valence-electron chi connectivity index (χ4n) is 2.22. The molecule has 21 heavy (non-hydrogen) atoms. The minimum atomic E-state index is 0.762. The summed E-state index contributed by atoms with van der Waals surface area (Å²) in [6, 6.07) is 10.3. The maximum absolute atomic E-state index is 4.64. The highest BCUT2D eigenvalue weighted by molar-refractivity contribution is 5.60. The van der Waals surface area contributed by atoms with Gasteiger partial charge in [0.15, 0.2) is 0 Å². The molecule has 0 bridgehead atoms. The van der Waals surface area contributed by atoms with Crippen LogP contribution in [0, 0.1) is 0 Å². The van der Waals surface area contributed by atoms with Gasteiger partial charge in [-0.15, -0.1) is 0 Å². The number of rotatable bonds is 9. The van der Waals surface area contributed by atoms with Gasteiger partial charge in [-0.25, -0.2) is 0 Å². The fourth-order valence-corrected chi connectivity index (χ4v) is 2.22. The van der Waals surface area contributed by atoms with Crippen LogP contribution < -0.4 is 10.6 Å². The Hall–Kier alpha value is -1.72. The van der Waals surface area contributed by atoms with Gasteiger partial charge < -0.3 is 10.6 Å². The van der Waals surface area contributed by atoms with Crippen LogP contribution in [-0.2, 0) is 13.1 Å². The number of aryl methyl sites for hydroxylation is 1. The molecule has 0 radical (unpaired) electrons. The van der Waals surface area contributed by atoms with Gasteiger partial charge in [0.05, 0.1) is 6.54 Å². The maximum atomic E-state index is 4.64. The molecule has 114 valence electrons. The Kier molecular flexibility index (Phi) is 6.37. The number of nitrogens with one attached hydrogen (secondary N) is 2. The highest BCUT2D eigenvalue weighted by atomic mass is 15.5. The quantitative estimate of drug-likeness (QED) is 0.693. The summed E-state index contributed by atoms with van der Waals surface area (Å²) in [5.41, 5.74) is 3.15. The van der Waals surface area contributed by atoms with E-state index in [4.69, 9.17) is 0 Å². The molecule has 1 aromatic heterocycles. The smallest absolute Gasteiger partial charge is 0.117 e. The van der Waals surface area contributed by atoms with E-state index in [1.54, 1.807) is 0 Å². The molecule has 0 aliphatic heterocycles. The van der Waals surface area contributed by atoms with E-state index >= 15 is 0 Å². The van der Waals surface area contributed by atoms with Crippen molar-refractivity contribution in [2.75, 3.05) is 20.1 Å². The molecule has 1 aromatic carbocycles. The molecule has 1 heterocycles. The molecule has 0 saturated carbocycles. The van der Waals surface area contributed by atoms with Gasteiger partial charge in [-0.05, 0) is 33.0 Å². The van der Waals surface area contributed by atoms with Gasteiger partial charge in [0.25, 0.3) is 0 Å². The molecule has 2 aromatic rings. The summed E-state index contributed by atoms with van der Waals surface area (Å²) >= 11 is 0. The Morgan fingerprint density at radius 1 is 1.10 bits per heavy atom. The zero-order chi connectivity index (χ0) is 14.9. The Morgan fingerprint density at radius 3 is 2.62 bits per heavy atom. The summed E-state index contributed by atoms with van der Waals surface area (Å²) in [5.74, 6) is 0. The third-order valence-electron chi connectivity index (χ3n) is 3.27. The van der Waals surface area contributed by atoms with Crippen molar-refractivity contribution in [2.24, 2.45) is 0 Å². The van der Waals surface area contributed by atoms with Crippen LogP contribution in [0.1, 0.15) is 25.5 Å². The van der Waals surface area contributed by atoms with Crippen molar-refractivity contribution >= 4 is 0 Å². The van der Waals surface area contributed by atoms with Crippen molar-refractivity contribution in [1.82, 2.24) is 25.6 Å². The lowest BCUT2D eigenvalue weighted by atomic mass is 10.1. The third kappa shape index (κ3) is 4.65. The Bertz CT molecular complexity index is 521. The zero-order valence-corrected chi connectivity index (χ0v) is 13.0. The van der Waals surface area contributed by atoms with E-state index in [1.165, 1.54) is 0 Å². The average molecular weight is 287 g/mol. The maximum Gasteiger partial charge on any atom is 0.117 e. The summed E-state index contributed by atoms with van der Waals surface area (Å²) in [7, 11) is 1.98. The van der Waals surface area contributed by atoms with Crippen LogP contribution in [0.4, 0.5) is 0 Å². The van der Waals surface area contributed by atoms with E-state index in [2.05, 4.69) is 39.9 Å². The molecular formula is C16H25N5. The Labute approximate surface area is 126 Å². The fraction of sp³-hybridized carbons (Fsp3) is 0.500. The molecule has 5 nitrogen and oxygen atoms in total. The SMILES string of the molecule is CCCn1nc(CNCCCNC)c(-c2ccccc2)n1. The van der Waals surface area contributed by atoms with Crippen molar-refractivity contribution in [3.63, 3.8) is 0 Å². The van der Waals surface area contributed by atoms with Gasteiger partial charge >= 0.3 is 0 Å². The van der Waals surface area contributed by atoms with E-state index in [0.29, 0.717) is 0 Å². The lowest BCUT2D eigenvalue weighted by Crippen LogP contribution is -2.20. The molecule has 0 fully saturated rings. The van der Waals surface area contributed by atoms with Crippen LogP contribution in [0.15, 0.2) is 30.3 Å². The van der Waals surface area contributed by atoms with Crippen molar-refractivity contribution in [2.45, 2.75) is 32.9 Å². The minimum Gasteiger partial charge on any atom is -0.320 e. The molecule has 5 heteroatoms. The Balaban J connectivity index is 2.07. The van der Waals surface area contributed by atoms with Gasteiger partial charge in [-0.1, -0.05) is 37.3 Å². The second kappa shape index (κ2) is 8.54. The van der Waals surface area contributed by atoms with Crippen LogP contribution >= 0.6 is 0 Å². The minimum absolute atomic E-state index is 0.762. The molecule has 0 aliphatic carbocycles. The molecule has 0 atom stereocenters. The molecule has 2 N–H and O–H groups in total. The first-order valence-electron chi connectivity index (χ1n) is 7.70. The largest absolute Gasteiger partial charge is 0.320 e. The molecular weight excluding hydrogens is 262 g/mol. The van der Waals surface area contributed by atoms with E-state index < -0.39 is 0 Å². The van der Waals surface area contributed by atoms with Crippen molar-refractivity contribution in [1.29, 1.82) is 0 Å². The number of benzene rings is 1. The van der Waals surface area contributed by atoms with Crippen LogP contribution in [0.5, 0.6) is 0 Å². The van der Waals surface area contributed by atoms with E-state index in [9.17, 15) is 0 Å². The van der Waals surface area contributed by atoms with E-state index in [-0.39, 0.29) is 0 Å². The summed E-state index contributed by atoms with van der Waals surface area (Å²) in [6.07, 6.45) is 2.15. The summed E-state index contributed by atoms with van der Waals surface area (Å²) in [6.45, 7) is 5.77. The number of aromatic nitrogens is 3. The van der Waals surface area contributed by atoms with Gasteiger partial charge in [0.2, 0.25) is 0 Å². The van der Waals surface area contributed by atoms with Crippen LogP contribution in [-0.4, -0.2) is 35.1 Å². The van der Waals surface area contributed by atoms with Crippen molar-refractivity contribution in [3.05, 3.63) is 36.0 Å². The molecule has 2 rings (SSSR count). The van der Waals surface area contributed by atoms with Crippen LogP contribution in [0.2, 0.25) is 0 Å². The van der Waals surface area contributed by atoms with Crippen molar-refractivity contribution < 1.29 is 0 Å². The van der Waals surface area contributed by atoms with Gasteiger partial charge in [0.1, 0.15) is 11.4 Å². The monoisotopic (exact) mass is 287 g/mol. The number of nitrogens with zero attached hydrogens (tertiary/aromatic N) is 3. The van der Waals surface area contributed by atoms with E-state index in [0.717, 1.165) is 56.0 Å². The molecule has 0 aliphatic rings. The van der Waals surface area contributed by atoms with Crippen LogP contribution in [0.3, 0.4) is 0 Å². The summed E-state index contributed by atoms with van der Waals surface area (Å²) in [5, 5.41) is 15.9. The molecule has 0 unspecified atom stereocenters. The molecule has 0 saturated heterocycles. The van der Waals surface area contributed by atoms with Crippen molar-refractivity contribution in [3.8, 4) is 11.3 Å². The average Bonchev–Trinajstić information content (AvgIpc) is 2.91. The second-order valence-electron chi connectivity index (χ2n) is 5.09. The van der Waals surface area contributed by atoms with Gasteiger partial charge in [-0.3, -0.25) is 0 Å². The normalized spacial score (nSPS) is 11.0. The first-order valence-corrected chi connectivity index (χ1v) is 7.70. The first-order chi connectivity index (χ1) is 10.3. The predicted molar refractivity (Wildman–Crippen MR) is 86.0 cm³/mol.